The van der Waals surface area contributed by atoms with Crippen LogP contribution in [0.15, 0.2) is 85.0 Å². The number of fused-ring (bicyclic) bond motifs is 3. The molecule has 4 aromatic rings. The van der Waals surface area contributed by atoms with Crippen LogP contribution in [0, 0.1) is 12.1 Å². The van der Waals surface area contributed by atoms with Gasteiger partial charge in [-0.2, -0.15) is 6.08 Å². The van der Waals surface area contributed by atoms with Crippen molar-refractivity contribution in [2.75, 3.05) is 0 Å². The first kappa shape index (κ1) is 51.8. The van der Waals surface area contributed by atoms with Gasteiger partial charge in [0.15, 0.2) is 0 Å². The third kappa shape index (κ3) is 14.1. The molecule has 3 heteroatoms. The minimum atomic E-state index is 0. The normalized spacial score (nSPS) is 13.0. The molecule has 0 fully saturated rings. The summed E-state index contributed by atoms with van der Waals surface area (Å²) in [4.78, 5) is 0. The van der Waals surface area contributed by atoms with Gasteiger partial charge in [0.05, 0.1) is 0 Å². The van der Waals surface area contributed by atoms with E-state index in [1.807, 2.05) is 12.2 Å². The summed E-state index contributed by atoms with van der Waals surface area (Å²) in [6, 6.07) is 29.9. The second-order valence-electron chi connectivity index (χ2n) is 20.2. The largest absolute Gasteiger partial charge is 0.273 e. The van der Waals surface area contributed by atoms with Gasteiger partial charge in [-0.1, -0.05) is 160 Å². The van der Waals surface area contributed by atoms with Crippen molar-refractivity contribution in [1.82, 2.24) is 0 Å². The molecule has 0 aliphatic heterocycles. The number of hydrogen-bond donors (Lipinski definition) is 0. The predicted octanol–water partition coefficient (Wildman–Crippen LogP) is 16.8. The number of allylic oxidation sites excluding steroid dienone is 4. The Bertz CT molecular complexity index is 1840. The summed E-state index contributed by atoms with van der Waals surface area (Å²) in [6.45, 7) is 32.2. The Morgan fingerprint density at radius 2 is 1.07 bits per heavy atom. The fourth-order valence-corrected chi connectivity index (χ4v) is 8.28. The zero-order chi connectivity index (χ0) is 41.5. The third-order valence-electron chi connectivity index (χ3n) is 11.0. The van der Waals surface area contributed by atoms with Gasteiger partial charge >= 0.3 is 79.8 Å². The van der Waals surface area contributed by atoms with Crippen molar-refractivity contribution in [3.63, 3.8) is 0 Å². The maximum absolute atomic E-state index is 3.96. The summed E-state index contributed by atoms with van der Waals surface area (Å²) in [5.74, 6) is 0. The summed E-state index contributed by atoms with van der Waals surface area (Å²) in [5, 5.41) is 0. The first-order valence-electron chi connectivity index (χ1n) is 21.4. The standard InChI is InChI=1S/C41H49.C9H18.C5H5.2ClH.Zr/c1-38(2,3)30-17-13-26(14-18-30)34-22-28-21-29-23-35(27-15-19-31(20-16-27)39(4,5)6)37(41(10,11)12)25-33(29)32(28)24-36(34)40(7,8)9;1-3-5-7-9-8-6-4-2;1-2-4-5-3-1;;;/h13-20,22,24-25H,21H2,1-12H3;3-8H2,1-2H3;1-3H,4H2;2*1H;/q-1;;-1;;;+2. The van der Waals surface area contributed by atoms with Crippen molar-refractivity contribution in [2.45, 2.75) is 170 Å². The molecule has 0 nitrogen and oxygen atoms in total. The average Bonchev–Trinajstić information content (AvgIpc) is 3.83. The Morgan fingerprint density at radius 1 is 0.586 bits per heavy atom. The quantitative estimate of drug-likeness (QED) is 0.136. The Morgan fingerprint density at radius 3 is 1.47 bits per heavy atom. The van der Waals surface area contributed by atoms with Crippen molar-refractivity contribution in [3.8, 4) is 33.4 Å². The molecule has 4 aromatic carbocycles. The van der Waals surface area contributed by atoms with Crippen molar-refractivity contribution in [1.29, 1.82) is 0 Å². The fraction of sp³-hybridized carbons (Fsp3) is 0.473. The van der Waals surface area contributed by atoms with Crippen molar-refractivity contribution in [3.05, 3.63) is 130 Å². The molecule has 0 heterocycles. The van der Waals surface area contributed by atoms with Gasteiger partial charge in [-0.15, -0.1) is 60.1 Å². The number of halogens is 2. The smallest absolute Gasteiger partial charge is 0.109 e. The number of rotatable bonds is 8. The molecule has 0 N–H and O–H groups in total. The molecule has 0 saturated heterocycles. The van der Waals surface area contributed by atoms with Crippen molar-refractivity contribution in [2.24, 2.45) is 0 Å². The van der Waals surface area contributed by atoms with Crippen LogP contribution < -0.4 is 0 Å². The van der Waals surface area contributed by atoms with Crippen LogP contribution in [0.3, 0.4) is 0 Å². The molecule has 0 aromatic heterocycles. The van der Waals surface area contributed by atoms with E-state index in [0.717, 1.165) is 12.8 Å². The summed E-state index contributed by atoms with van der Waals surface area (Å²) in [5.41, 5.74) is 16.5. The van der Waals surface area contributed by atoms with Crippen LogP contribution >= 0.6 is 24.8 Å². The average molecular weight is 897 g/mol. The second-order valence-corrected chi connectivity index (χ2v) is 21.9. The SMILES string of the molecule is CC(C)(C)c1ccc(-c2[c-]c3c(cc2C(C)(C)C)-c2cc(C(C)(C)C)c(-c4ccc(C(C)(C)C)cc4)cc2C3)cc1.CCCC[C](=[Zr+2])CCCC.Cl.Cl.[C-]1=CC=CC1. The van der Waals surface area contributed by atoms with Gasteiger partial charge in [0.2, 0.25) is 0 Å². The zero-order valence-corrected chi connectivity index (χ0v) is 42.6. The molecular weight excluding hydrogens is 823 g/mol. The van der Waals surface area contributed by atoms with Gasteiger partial charge in [-0.05, 0) is 61.5 Å². The van der Waals surface area contributed by atoms with Crippen LogP contribution in [0.4, 0.5) is 0 Å². The van der Waals surface area contributed by atoms with Crippen LogP contribution in [0.1, 0.15) is 175 Å². The van der Waals surface area contributed by atoms with Gasteiger partial charge in [0.1, 0.15) is 0 Å². The minimum Gasteiger partial charge on any atom is -0.273 e. The molecule has 0 atom stereocenters. The molecular formula is C55H74Cl2Zr. The van der Waals surface area contributed by atoms with E-state index in [9.17, 15) is 0 Å². The van der Waals surface area contributed by atoms with E-state index in [4.69, 9.17) is 0 Å². The van der Waals surface area contributed by atoms with E-state index < -0.39 is 0 Å². The van der Waals surface area contributed by atoms with Crippen LogP contribution in [0.2, 0.25) is 0 Å². The van der Waals surface area contributed by atoms with Crippen molar-refractivity contribution >= 4 is 28.0 Å². The van der Waals surface area contributed by atoms with E-state index >= 15 is 0 Å². The first-order valence-corrected chi connectivity index (χ1v) is 22.6. The minimum absolute atomic E-state index is 0. The van der Waals surface area contributed by atoms with Crippen molar-refractivity contribution < 1.29 is 24.2 Å². The maximum Gasteiger partial charge on any atom is -0.109 e. The summed E-state index contributed by atoms with van der Waals surface area (Å²) < 4.78 is 1.79. The molecule has 6 rings (SSSR count). The van der Waals surface area contributed by atoms with Gasteiger partial charge in [-0.3, -0.25) is 6.08 Å². The number of unbranched alkanes of at least 4 members (excludes halogenated alkanes) is 2. The Kier molecular flexibility index (Phi) is 19.6. The van der Waals surface area contributed by atoms with Gasteiger partial charge in [-0.25, -0.2) is 12.2 Å². The van der Waals surface area contributed by atoms with E-state index in [-0.39, 0.29) is 46.5 Å². The van der Waals surface area contributed by atoms with E-state index in [2.05, 4.69) is 182 Å². The second kappa shape index (κ2) is 22.0. The number of benzene rings is 4. The number of hydrogen-bond acceptors (Lipinski definition) is 0. The van der Waals surface area contributed by atoms with Crippen LogP contribution in [-0.4, -0.2) is 3.21 Å². The van der Waals surface area contributed by atoms with Crippen LogP contribution in [-0.2, 0) is 52.3 Å². The van der Waals surface area contributed by atoms with E-state index in [1.165, 1.54) is 105 Å². The van der Waals surface area contributed by atoms with Crippen LogP contribution in [0.5, 0.6) is 0 Å². The fourth-order valence-electron chi connectivity index (χ4n) is 7.41. The van der Waals surface area contributed by atoms with E-state index in [0.29, 0.717) is 0 Å². The molecule has 58 heavy (non-hydrogen) atoms. The third-order valence-corrected chi connectivity index (χ3v) is 12.3. The molecule has 0 amide bonds. The van der Waals surface area contributed by atoms with Gasteiger partial charge in [0.25, 0.3) is 0 Å². The zero-order valence-electron chi connectivity index (χ0n) is 38.6. The Labute approximate surface area is 383 Å². The maximum atomic E-state index is 3.96. The molecule has 312 valence electrons. The summed E-state index contributed by atoms with van der Waals surface area (Å²) in [6.07, 6.45) is 19.2. The topological polar surface area (TPSA) is 0 Å². The molecule has 2 aliphatic carbocycles. The molecule has 0 saturated carbocycles. The molecule has 0 unspecified atom stereocenters. The van der Waals surface area contributed by atoms with Gasteiger partial charge < -0.3 is 0 Å². The molecule has 0 spiro atoms. The Balaban J connectivity index is 0.000000576. The van der Waals surface area contributed by atoms with Gasteiger partial charge in [0, 0.05) is 0 Å². The molecule has 2 aliphatic rings. The predicted molar refractivity (Wildman–Crippen MR) is 259 cm³/mol. The first-order chi connectivity index (χ1) is 26.1. The Hall–Kier alpha value is -2.31. The summed E-state index contributed by atoms with van der Waals surface area (Å²) in [7, 11) is 0. The molecule has 0 bridgehead atoms. The monoisotopic (exact) mass is 894 g/mol. The molecule has 0 radical (unpaired) electrons. The van der Waals surface area contributed by atoms with Crippen LogP contribution in [0.25, 0.3) is 33.4 Å². The summed E-state index contributed by atoms with van der Waals surface area (Å²) >= 11 is 1.67. The van der Waals surface area contributed by atoms with E-state index in [1.54, 1.807) is 27.4 Å².